The van der Waals surface area contributed by atoms with Crippen LogP contribution in [0.1, 0.15) is 65.2 Å². The van der Waals surface area contributed by atoms with Crippen molar-refractivity contribution in [3.05, 3.63) is 11.6 Å². The van der Waals surface area contributed by atoms with Crippen molar-refractivity contribution in [1.29, 1.82) is 0 Å². The van der Waals surface area contributed by atoms with Crippen molar-refractivity contribution in [3.8, 4) is 0 Å². The quantitative estimate of drug-likeness (QED) is 0.423. The zero-order valence-electron chi connectivity index (χ0n) is 18.7. The number of hydrogen-bond acceptors (Lipinski definition) is 7. The molecule has 0 spiro atoms. The summed E-state index contributed by atoms with van der Waals surface area (Å²) < 4.78 is 41.6. The molecule has 0 amide bonds. The average Bonchev–Trinajstić information content (AvgIpc) is 3.21. The lowest BCUT2D eigenvalue weighted by Crippen LogP contribution is -2.66. The highest BCUT2D eigenvalue weighted by atomic mass is 32.3. The maximum absolute atomic E-state index is 12.2. The molecule has 9 atom stereocenters. The third-order valence-corrected chi connectivity index (χ3v) is 10.6. The van der Waals surface area contributed by atoms with Gasteiger partial charge in [-0.05, 0) is 86.0 Å². The van der Waals surface area contributed by atoms with Crippen LogP contribution in [0.25, 0.3) is 0 Å². The number of hydrogen-bond donors (Lipinski definition) is 3. The molecule has 180 valence electrons. The Bertz CT molecular complexity index is 946. The molecule has 0 saturated heterocycles. The van der Waals surface area contributed by atoms with E-state index in [0.717, 1.165) is 24.8 Å². The van der Waals surface area contributed by atoms with Gasteiger partial charge in [-0.25, -0.2) is 8.98 Å². The lowest BCUT2D eigenvalue weighted by atomic mass is 9.42. The summed E-state index contributed by atoms with van der Waals surface area (Å²) in [5.74, 6) is -0.294. The molecule has 5 rings (SSSR count). The van der Waals surface area contributed by atoms with E-state index in [1.165, 1.54) is 0 Å². The first-order valence-electron chi connectivity index (χ1n) is 11.8. The molecule has 0 aromatic carbocycles. The number of ether oxygens (including phenoxy) is 1. The standard InChI is InChI=1S/C23H34O8S/c1-21-7-5-15(31-32(27,28)29)10-14(21)3-4-17-20(21)18(24)11-22(2)16(6-8-23(17,22)26)13-9-19(25)30-12-13/h9,14-18,20,24,26H,3-8,10-12H2,1-2H3,(H,27,28,29). The first-order chi connectivity index (χ1) is 14.9. The minimum absolute atomic E-state index is 0.0129. The van der Waals surface area contributed by atoms with Gasteiger partial charge in [-0.1, -0.05) is 13.8 Å². The Morgan fingerprint density at radius 3 is 2.56 bits per heavy atom. The molecular formula is C23H34O8S. The van der Waals surface area contributed by atoms with Gasteiger partial charge in [0.2, 0.25) is 0 Å². The van der Waals surface area contributed by atoms with Gasteiger partial charge in [0.15, 0.2) is 0 Å². The molecule has 5 aliphatic rings. The number of carbonyl (C=O) groups is 1. The highest BCUT2D eigenvalue weighted by molar-refractivity contribution is 7.80. The highest BCUT2D eigenvalue weighted by Gasteiger charge is 2.70. The number of cyclic esters (lactones) is 1. The van der Waals surface area contributed by atoms with Gasteiger partial charge in [0.1, 0.15) is 6.61 Å². The van der Waals surface area contributed by atoms with Gasteiger partial charge in [0.25, 0.3) is 0 Å². The fourth-order valence-corrected chi connectivity index (χ4v) is 9.25. The Labute approximate surface area is 189 Å². The number of aliphatic hydroxyl groups excluding tert-OH is 1. The SMILES string of the molecule is CC12CCC(OS(=O)(=O)O)CC1CCC1C2C(O)CC2(C)C(C3=CC(=O)OC3)CCC12O. The molecule has 0 bridgehead atoms. The van der Waals surface area contributed by atoms with E-state index in [0.29, 0.717) is 32.1 Å². The van der Waals surface area contributed by atoms with Crippen LogP contribution >= 0.6 is 0 Å². The molecule has 8 nitrogen and oxygen atoms in total. The van der Waals surface area contributed by atoms with Gasteiger partial charge >= 0.3 is 16.4 Å². The first-order valence-corrected chi connectivity index (χ1v) is 13.2. The van der Waals surface area contributed by atoms with Crippen LogP contribution in [0, 0.1) is 34.5 Å². The number of rotatable bonds is 3. The van der Waals surface area contributed by atoms with E-state index in [9.17, 15) is 23.4 Å². The van der Waals surface area contributed by atoms with Crippen LogP contribution < -0.4 is 0 Å². The van der Waals surface area contributed by atoms with Gasteiger partial charge in [0, 0.05) is 11.5 Å². The van der Waals surface area contributed by atoms with Crippen LogP contribution in [0.15, 0.2) is 11.6 Å². The Morgan fingerprint density at radius 2 is 1.91 bits per heavy atom. The minimum Gasteiger partial charge on any atom is -0.458 e. The fourth-order valence-electron chi connectivity index (χ4n) is 8.73. The van der Waals surface area contributed by atoms with Gasteiger partial charge in [-0.3, -0.25) is 4.55 Å². The summed E-state index contributed by atoms with van der Waals surface area (Å²) in [6, 6.07) is 0. The molecule has 0 aromatic heterocycles. The molecule has 4 saturated carbocycles. The van der Waals surface area contributed by atoms with Crippen LogP contribution in [-0.2, 0) is 24.1 Å². The Balaban J connectivity index is 1.43. The van der Waals surface area contributed by atoms with Gasteiger partial charge in [0.05, 0.1) is 17.8 Å². The van der Waals surface area contributed by atoms with E-state index in [1.807, 2.05) is 0 Å². The Hall–Kier alpha value is -1.00. The molecule has 1 aliphatic heterocycles. The average molecular weight is 471 g/mol. The highest BCUT2D eigenvalue weighted by Crippen LogP contribution is 2.70. The molecule has 0 radical (unpaired) electrons. The van der Waals surface area contributed by atoms with Crippen molar-refractivity contribution in [2.75, 3.05) is 6.61 Å². The third-order valence-electron chi connectivity index (χ3n) is 10.1. The molecule has 0 aromatic rings. The third kappa shape index (κ3) is 3.22. The molecule has 4 fully saturated rings. The van der Waals surface area contributed by atoms with E-state index in [1.54, 1.807) is 6.08 Å². The summed E-state index contributed by atoms with van der Waals surface area (Å²) >= 11 is 0. The lowest BCUT2D eigenvalue weighted by molar-refractivity contribution is -0.241. The van der Waals surface area contributed by atoms with Gasteiger partial charge < -0.3 is 14.9 Å². The number of esters is 1. The minimum atomic E-state index is -4.49. The van der Waals surface area contributed by atoms with Gasteiger partial charge in [-0.15, -0.1) is 0 Å². The number of carbonyl (C=O) groups excluding carboxylic acids is 1. The molecule has 4 aliphatic carbocycles. The summed E-state index contributed by atoms with van der Waals surface area (Å²) in [7, 11) is -4.49. The Kier molecular flexibility index (Phi) is 5.16. The fraction of sp³-hybridized carbons (Fsp3) is 0.870. The first kappa shape index (κ1) is 22.8. The summed E-state index contributed by atoms with van der Waals surface area (Å²) in [4.78, 5) is 11.7. The summed E-state index contributed by atoms with van der Waals surface area (Å²) in [6.45, 7) is 4.51. The van der Waals surface area contributed by atoms with Crippen molar-refractivity contribution < 1.29 is 36.9 Å². The lowest BCUT2D eigenvalue weighted by Gasteiger charge is -2.65. The summed E-state index contributed by atoms with van der Waals surface area (Å²) in [6.07, 6.45) is 5.59. The maximum Gasteiger partial charge on any atom is 0.397 e. The summed E-state index contributed by atoms with van der Waals surface area (Å²) in [5.41, 5.74) is -0.754. The van der Waals surface area contributed by atoms with Crippen molar-refractivity contribution in [2.24, 2.45) is 34.5 Å². The van der Waals surface area contributed by atoms with Gasteiger partial charge in [-0.2, -0.15) is 8.42 Å². The summed E-state index contributed by atoms with van der Waals surface area (Å²) in [5, 5.41) is 23.7. The largest absolute Gasteiger partial charge is 0.458 e. The molecule has 32 heavy (non-hydrogen) atoms. The second kappa shape index (κ2) is 7.25. The monoisotopic (exact) mass is 470 g/mol. The molecule has 9 unspecified atom stereocenters. The maximum atomic E-state index is 12.2. The Morgan fingerprint density at radius 1 is 1.16 bits per heavy atom. The second-order valence-electron chi connectivity index (χ2n) is 11.4. The molecule has 1 heterocycles. The van der Waals surface area contributed by atoms with E-state index >= 15 is 0 Å². The predicted molar refractivity (Wildman–Crippen MR) is 114 cm³/mol. The van der Waals surface area contributed by atoms with Crippen molar-refractivity contribution >= 4 is 16.4 Å². The zero-order valence-corrected chi connectivity index (χ0v) is 19.5. The number of fused-ring (bicyclic) bond motifs is 5. The molecule has 9 heteroatoms. The van der Waals surface area contributed by atoms with E-state index < -0.39 is 33.6 Å². The molecular weight excluding hydrogens is 436 g/mol. The second-order valence-corrected chi connectivity index (χ2v) is 12.4. The van der Waals surface area contributed by atoms with Crippen LogP contribution in [-0.4, -0.2) is 53.6 Å². The van der Waals surface area contributed by atoms with E-state index in [2.05, 4.69) is 13.8 Å². The van der Waals surface area contributed by atoms with Crippen molar-refractivity contribution in [3.63, 3.8) is 0 Å². The van der Waals surface area contributed by atoms with Crippen molar-refractivity contribution in [1.82, 2.24) is 0 Å². The zero-order chi connectivity index (χ0) is 23.1. The normalized spacial score (nSPS) is 50.8. The van der Waals surface area contributed by atoms with Crippen LogP contribution in [0.5, 0.6) is 0 Å². The van der Waals surface area contributed by atoms with Crippen molar-refractivity contribution in [2.45, 2.75) is 83.0 Å². The van der Waals surface area contributed by atoms with Crippen LogP contribution in [0.4, 0.5) is 0 Å². The smallest absolute Gasteiger partial charge is 0.397 e. The predicted octanol–water partition coefficient (Wildman–Crippen LogP) is 2.40. The van der Waals surface area contributed by atoms with E-state index in [-0.39, 0.29) is 41.7 Å². The molecule has 3 N–H and O–H groups in total. The van der Waals surface area contributed by atoms with Crippen LogP contribution in [0.3, 0.4) is 0 Å². The topological polar surface area (TPSA) is 130 Å². The van der Waals surface area contributed by atoms with E-state index in [4.69, 9.17) is 13.5 Å². The van der Waals surface area contributed by atoms with Crippen LogP contribution in [0.2, 0.25) is 0 Å². The number of aliphatic hydroxyl groups is 2.